The minimum Gasteiger partial charge on any atom is -0.481 e. The molecule has 68 valence electrons. The predicted octanol–water partition coefficient (Wildman–Crippen LogP) is 0.958. The van der Waals surface area contributed by atoms with Crippen molar-refractivity contribution in [2.24, 2.45) is 0 Å². The van der Waals surface area contributed by atoms with Gasteiger partial charge in [-0.25, -0.2) is 0 Å². The van der Waals surface area contributed by atoms with Crippen LogP contribution in [0.1, 0.15) is 17.0 Å². The van der Waals surface area contributed by atoms with E-state index in [0.29, 0.717) is 6.54 Å². The third-order valence-corrected chi connectivity index (χ3v) is 2.39. The lowest BCUT2D eigenvalue weighted by Crippen LogP contribution is -2.32. The maximum Gasteiger partial charge on any atom is 0.312 e. The lowest BCUT2D eigenvalue weighted by Gasteiger charge is -2.22. The summed E-state index contributed by atoms with van der Waals surface area (Å²) >= 11 is 0. The molecule has 13 heavy (non-hydrogen) atoms. The van der Waals surface area contributed by atoms with Crippen LogP contribution in [0, 0.1) is 0 Å². The van der Waals surface area contributed by atoms with E-state index >= 15 is 0 Å². The molecule has 3 nitrogen and oxygen atoms in total. The van der Waals surface area contributed by atoms with Crippen LogP contribution in [0.25, 0.3) is 0 Å². The SMILES string of the molecule is O=C(O)[C@@H]1CNCc2ccccc21. The van der Waals surface area contributed by atoms with Crippen LogP contribution in [-0.2, 0) is 11.3 Å². The summed E-state index contributed by atoms with van der Waals surface area (Å²) in [5, 5.41) is 12.0. The zero-order valence-electron chi connectivity index (χ0n) is 7.16. The van der Waals surface area contributed by atoms with Gasteiger partial charge in [-0.2, -0.15) is 0 Å². The fraction of sp³-hybridized carbons (Fsp3) is 0.300. The minimum absolute atomic E-state index is 0.384. The van der Waals surface area contributed by atoms with Crippen molar-refractivity contribution in [1.29, 1.82) is 0 Å². The molecule has 1 aliphatic heterocycles. The van der Waals surface area contributed by atoms with Crippen molar-refractivity contribution in [3.8, 4) is 0 Å². The Morgan fingerprint density at radius 3 is 3.00 bits per heavy atom. The van der Waals surface area contributed by atoms with E-state index in [1.165, 1.54) is 0 Å². The maximum atomic E-state index is 10.9. The molecule has 1 heterocycles. The molecular formula is C10H11NO2. The van der Waals surface area contributed by atoms with Crippen LogP contribution in [0.2, 0.25) is 0 Å². The number of fused-ring (bicyclic) bond motifs is 1. The molecular weight excluding hydrogens is 166 g/mol. The number of carbonyl (C=O) groups is 1. The average Bonchev–Trinajstić information content (AvgIpc) is 2.17. The number of hydrogen-bond donors (Lipinski definition) is 2. The normalized spacial score (nSPS) is 20.8. The zero-order valence-corrected chi connectivity index (χ0v) is 7.16. The molecule has 0 saturated heterocycles. The molecule has 0 aliphatic carbocycles. The minimum atomic E-state index is -0.750. The molecule has 1 aromatic carbocycles. The van der Waals surface area contributed by atoms with E-state index < -0.39 is 5.97 Å². The van der Waals surface area contributed by atoms with Crippen molar-refractivity contribution in [1.82, 2.24) is 5.32 Å². The van der Waals surface area contributed by atoms with Gasteiger partial charge in [-0.1, -0.05) is 24.3 Å². The Balaban J connectivity index is 2.42. The van der Waals surface area contributed by atoms with Gasteiger partial charge < -0.3 is 10.4 Å². The van der Waals surface area contributed by atoms with Crippen molar-refractivity contribution in [3.63, 3.8) is 0 Å². The highest BCUT2D eigenvalue weighted by atomic mass is 16.4. The van der Waals surface area contributed by atoms with Gasteiger partial charge in [0.2, 0.25) is 0 Å². The fourth-order valence-corrected chi connectivity index (χ4v) is 1.72. The molecule has 2 rings (SSSR count). The van der Waals surface area contributed by atoms with E-state index in [4.69, 9.17) is 5.11 Å². The van der Waals surface area contributed by atoms with Gasteiger partial charge in [-0.05, 0) is 11.1 Å². The third kappa shape index (κ3) is 1.42. The van der Waals surface area contributed by atoms with Crippen molar-refractivity contribution < 1.29 is 9.90 Å². The van der Waals surface area contributed by atoms with Crippen LogP contribution >= 0.6 is 0 Å². The Kier molecular flexibility index (Phi) is 2.02. The summed E-state index contributed by atoms with van der Waals surface area (Å²) in [6.45, 7) is 1.31. The molecule has 3 heteroatoms. The largest absolute Gasteiger partial charge is 0.481 e. The van der Waals surface area contributed by atoms with Gasteiger partial charge in [0.1, 0.15) is 0 Å². The molecule has 0 aromatic heterocycles. The highest BCUT2D eigenvalue weighted by Gasteiger charge is 2.24. The smallest absolute Gasteiger partial charge is 0.312 e. The van der Waals surface area contributed by atoms with Crippen LogP contribution in [0.15, 0.2) is 24.3 Å². The van der Waals surface area contributed by atoms with Crippen molar-refractivity contribution in [2.45, 2.75) is 12.5 Å². The number of aliphatic carboxylic acids is 1. The molecule has 0 bridgehead atoms. The second-order valence-corrected chi connectivity index (χ2v) is 3.22. The Labute approximate surface area is 76.4 Å². The highest BCUT2D eigenvalue weighted by molar-refractivity contribution is 5.77. The fourth-order valence-electron chi connectivity index (χ4n) is 1.72. The van der Waals surface area contributed by atoms with Gasteiger partial charge in [0.05, 0.1) is 5.92 Å². The first kappa shape index (κ1) is 8.26. The lowest BCUT2D eigenvalue weighted by atomic mass is 9.91. The molecule has 0 fully saturated rings. The standard InChI is InChI=1S/C10H11NO2/c12-10(13)9-6-11-5-7-3-1-2-4-8(7)9/h1-4,9,11H,5-6H2,(H,12,13)/t9-/m1/s1. The number of benzene rings is 1. The quantitative estimate of drug-likeness (QED) is 0.671. The first-order chi connectivity index (χ1) is 6.29. The van der Waals surface area contributed by atoms with Gasteiger partial charge >= 0.3 is 5.97 Å². The summed E-state index contributed by atoms with van der Waals surface area (Å²) in [6, 6.07) is 7.69. The van der Waals surface area contributed by atoms with Crippen LogP contribution in [0.4, 0.5) is 0 Å². The molecule has 1 atom stereocenters. The van der Waals surface area contributed by atoms with Crippen LogP contribution in [-0.4, -0.2) is 17.6 Å². The molecule has 1 aliphatic rings. The molecule has 0 radical (unpaired) electrons. The molecule has 0 saturated carbocycles. The lowest BCUT2D eigenvalue weighted by molar-refractivity contribution is -0.138. The third-order valence-electron chi connectivity index (χ3n) is 2.39. The van der Waals surface area contributed by atoms with Gasteiger partial charge in [-0.15, -0.1) is 0 Å². The van der Waals surface area contributed by atoms with Crippen LogP contribution in [0.3, 0.4) is 0 Å². The van der Waals surface area contributed by atoms with Gasteiger partial charge in [0.25, 0.3) is 0 Å². The predicted molar refractivity (Wildman–Crippen MR) is 48.5 cm³/mol. The monoisotopic (exact) mass is 177 g/mol. The molecule has 0 spiro atoms. The summed E-state index contributed by atoms with van der Waals surface area (Å²) in [6.07, 6.45) is 0. The average molecular weight is 177 g/mol. The summed E-state index contributed by atoms with van der Waals surface area (Å²) in [5.41, 5.74) is 2.05. The molecule has 2 N–H and O–H groups in total. The first-order valence-corrected chi connectivity index (χ1v) is 4.30. The number of nitrogens with one attached hydrogen (secondary N) is 1. The van der Waals surface area contributed by atoms with E-state index in [2.05, 4.69) is 5.32 Å². The van der Waals surface area contributed by atoms with Crippen molar-refractivity contribution in [2.75, 3.05) is 6.54 Å². The maximum absolute atomic E-state index is 10.9. The van der Waals surface area contributed by atoms with E-state index in [-0.39, 0.29) is 5.92 Å². The summed E-state index contributed by atoms with van der Waals surface area (Å²) in [5.74, 6) is -1.13. The van der Waals surface area contributed by atoms with Crippen LogP contribution < -0.4 is 5.32 Å². The number of hydrogen-bond acceptors (Lipinski definition) is 2. The second kappa shape index (κ2) is 3.18. The Morgan fingerprint density at radius 1 is 1.46 bits per heavy atom. The summed E-state index contributed by atoms with van der Waals surface area (Å²) < 4.78 is 0. The summed E-state index contributed by atoms with van der Waals surface area (Å²) in [4.78, 5) is 10.9. The second-order valence-electron chi connectivity index (χ2n) is 3.22. The van der Waals surface area contributed by atoms with Crippen molar-refractivity contribution >= 4 is 5.97 Å². The van der Waals surface area contributed by atoms with E-state index in [9.17, 15) is 4.79 Å². The molecule has 0 unspecified atom stereocenters. The van der Waals surface area contributed by atoms with Crippen molar-refractivity contribution in [3.05, 3.63) is 35.4 Å². The zero-order chi connectivity index (χ0) is 9.26. The number of rotatable bonds is 1. The van der Waals surface area contributed by atoms with Gasteiger partial charge in [-0.3, -0.25) is 4.79 Å². The van der Waals surface area contributed by atoms with Gasteiger partial charge in [0.15, 0.2) is 0 Å². The Hall–Kier alpha value is -1.35. The van der Waals surface area contributed by atoms with E-state index in [1.54, 1.807) is 0 Å². The Bertz CT molecular complexity index is 335. The molecule has 1 aromatic rings. The van der Waals surface area contributed by atoms with Gasteiger partial charge in [0, 0.05) is 13.1 Å². The number of carboxylic acids is 1. The van der Waals surface area contributed by atoms with E-state index in [1.807, 2.05) is 24.3 Å². The first-order valence-electron chi connectivity index (χ1n) is 4.30. The topological polar surface area (TPSA) is 49.3 Å². The molecule has 0 amide bonds. The highest BCUT2D eigenvalue weighted by Crippen LogP contribution is 2.23. The van der Waals surface area contributed by atoms with E-state index in [0.717, 1.165) is 17.7 Å². The number of carboxylic acid groups (broad SMARTS) is 1. The Morgan fingerprint density at radius 2 is 2.23 bits per heavy atom. The summed E-state index contributed by atoms with van der Waals surface area (Å²) in [7, 11) is 0. The van der Waals surface area contributed by atoms with Crippen LogP contribution in [0.5, 0.6) is 0 Å².